The van der Waals surface area contributed by atoms with Crippen LogP contribution in [0.25, 0.3) is 0 Å². The van der Waals surface area contributed by atoms with Gasteiger partial charge in [-0.15, -0.1) is 11.3 Å². The van der Waals surface area contributed by atoms with Crippen LogP contribution in [0.15, 0.2) is 5.38 Å². The molecule has 9 heteroatoms. The largest absolute Gasteiger partial charge is 0.434 e. The molecule has 2 heterocycles. The lowest BCUT2D eigenvalue weighted by atomic mass is 10.2. The summed E-state index contributed by atoms with van der Waals surface area (Å²) in [6.45, 7) is 2.87. The van der Waals surface area contributed by atoms with Gasteiger partial charge >= 0.3 is 12.2 Å². The fourth-order valence-electron chi connectivity index (χ4n) is 2.14. The number of amides is 2. The number of carbonyl (C=O) groups excluding carboxylic acids is 1. The smallest absolute Gasteiger partial charge is 0.376 e. The molecule has 124 valence electrons. The molecule has 0 saturated carbocycles. The minimum Gasteiger partial charge on any atom is -0.376 e. The van der Waals surface area contributed by atoms with Crippen molar-refractivity contribution in [3.8, 4) is 0 Å². The van der Waals surface area contributed by atoms with Gasteiger partial charge in [-0.2, -0.15) is 13.2 Å². The Labute approximate surface area is 130 Å². The average Bonchev–Trinajstić information content (AvgIpc) is 3.12. The Kier molecular flexibility index (Phi) is 5.63. The van der Waals surface area contributed by atoms with Crippen LogP contribution in [0.3, 0.4) is 0 Å². The minimum absolute atomic E-state index is 0.0162. The van der Waals surface area contributed by atoms with Crippen molar-refractivity contribution in [2.24, 2.45) is 0 Å². The maximum atomic E-state index is 12.6. The van der Waals surface area contributed by atoms with E-state index in [1.165, 1.54) is 0 Å². The zero-order chi connectivity index (χ0) is 16.2. The molecule has 2 N–H and O–H groups in total. The first-order valence-electron chi connectivity index (χ1n) is 7.08. The number of ether oxygens (including phenoxy) is 1. The highest BCUT2D eigenvalue weighted by Gasteiger charge is 2.34. The number of aromatic nitrogens is 1. The van der Waals surface area contributed by atoms with E-state index in [-0.39, 0.29) is 11.1 Å². The third kappa shape index (κ3) is 4.57. The molecule has 2 rings (SSSR count). The Morgan fingerprint density at radius 2 is 2.36 bits per heavy atom. The number of nitrogens with one attached hydrogen (secondary N) is 2. The number of urea groups is 1. The van der Waals surface area contributed by atoms with Crippen LogP contribution >= 0.6 is 11.3 Å². The summed E-state index contributed by atoms with van der Waals surface area (Å²) in [6.07, 6.45) is -2.11. The number of hydrogen-bond donors (Lipinski definition) is 2. The van der Waals surface area contributed by atoms with Crippen molar-refractivity contribution < 1.29 is 22.7 Å². The molecule has 0 aliphatic carbocycles. The molecular formula is C13H18F3N3O2S. The SMILES string of the molecule is CC[C@@H](NC(=O)NC[C@H]1CCCO1)c1nc(C(F)(F)F)cs1. The van der Waals surface area contributed by atoms with Gasteiger partial charge in [0.1, 0.15) is 5.01 Å². The molecule has 5 nitrogen and oxygen atoms in total. The van der Waals surface area contributed by atoms with E-state index in [9.17, 15) is 18.0 Å². The fraction of sp³-hybridized carbons (Fsp3) is 0.692. The van der Waals surface area contributed by atoms with Crippen molar-refractivity contribution in [2.75, 3.05) is 13.2 Å². The van der Waals surface area contributed by atoms with Crippen LogP contribution in [-0.2, 0) is 10.9 Å². The molecule has 2 amide bonds. The van der Waals surface area contributed by atoms with Gasteiger partial charge < -0.3 is 15.4 Å². The minimum atomic E-state index is -4.46. The summed E-state index contributed by atoms with van der Waals surface area (Å²) >= 11 is 0.896. The Morgan fingerprint density at radius 1 is 1.59 bits per heavy atom. The molecule has 1 aromatic rings. The zero-order valence-corrected chi connectivity index (χ0v) is 12.9. The summed E-state index contributed by atoms with van der Waals surface area (Å²) in [5.74, 6) is 0. The number of thiazole rings is 1. The highest BCUT2D eigenvalue weighted by Crippen LogP contribution is 2.32. The van der Waals surface area contributed by atoms with Gasteiger partial charge in [0.25, 0.3) is 0 Å². The summed E-state index contributed by atoms with van der Waals surface area (Å²) in [5, 5.41) is 6.54. The second-order valence-corrected chi connectivity index (χ2v) is 5.91. The van der Waals surface area contributed by atoms with Gasteiger partial charge in [0.05, 0.1) is 12.1 Å². The normalized spacial score (nSPS) is 19.9. The van der Waals surface area contributed by atoms with E-state index < -0.39 is 23.9 Å². The highest BCUT2D eigenvalue weighted by atomic mass is 32.1. The molecular weight excluding hydrogens is 319 g/mol. The van der Waals surface area contributed by atoms with Gasteiger partial charge in [-0.3, -0.25) is 0 Å². The van der Waals surface area contributed by atoms with Crippen LogP contribution in [0.5, 0.6) is 0 Å². The van der Waals surface area contributed by atoms with Crippen molar-refractivity contribution in [2.45, 2.75) is 44.5 Å². The molecule has 22 heavy (non-hydrogen) atoms. The van der Waals surface area contributed by atoms with Crippen molar-refractivity contribution in [3.63, 3.8) is 0 Å². The second-order valence-electron chi connectivity index (χ2n) is 5.02. The molecule has 0 aromatic carbocycles. The van der Waals surface area contributed by atoms with Gasteiger partial charge in [0.2, 0.25) is 0 Å². The summed E-state index contributed by atoms with van der Waals surface area (Å²) < 4.78 is 43.0. The van der Waals surface area contributed by atoms with Gasteiger partial charge in [0.15, 0.2) is 5.69 Å². The predicted molar refractivity (Wildman–Crippen MR) is 75.7 cm³/mol. The predicted octanol–water partition coefficient (Wildman–Crippen LogP) is 3.09. The monoisotopic (exact) mass is 337 g/mol. The summed E-state index contributed by atoms with van der Waals surface area (Å²) in [7, 11) is 0. The molecule has 1 aliphatic heterocycles. The lowest BCUT2D eigenvalue weighted by Gasteiger charge is -2.16. The summed E-state index contributed by atoms with van der Waals surface area (Å²) in [6, 6.07) is -0.961. The Morgan fingerprint density at radius 3 is 2.91 bits per heavy atom. The molecule has 0 bridgehead atoms. The van der Waals surface area contributed by atoms with E-state index in [1.807, 2.05) is 0 Å². The van der Waals surface area contributed by atoms with Gasteiger partial charge in [-0.25, -0.2) is 9.78 Å². The van der Waals surface area contributed by atoms with Gasteiger partial charge in [0, 0.05) is 18.5 Å². The van der Waals surface area contributed by atoms with E-state index in [0.717, 1.165) is 29.6 Å². The van der Waals surface area contributed by atoms with Crippen LogP contribution in [0.1, 0.15) is 42.9 Å². The Hall–Kier alpha value is -1.35. The van der Waals surface area contributed by atoms with E-state index in [1.54, 1.807) is 6.92 Å². The van der Waals surface area contributed by atoms with E-state index in [0.29, 0.717) is 19.6 Å². The number of nitrogens with zero attached hydrogens (tertiary/aromatic N) is 1. The fourth-order valence-corrected chi connectivity index (χ4v) is 3.10. The molecule has 0 radical (unpaired) electrons. The van der Waals surface area contributed by atoms with Crippen molar-refractivity contribution in [1.29, 1.82) is 0 Å². The van der Waals surface area contributed by atoms with Crippen LogP contribution in [0.4, 0.5) is 18.0 Å². The molecule has 1 aromatic heterocycles. The van der Waals surface area contributed by atoms with Crippen LogP contribution in [0.2, 0.25) is 0 Å². The highest BCUT2D eigenvalue weighted by molar-refractivity contribution is 7.09. The van der Waals surface area contributed by atoms with Crippen LogP contribution in [0, 0.1) is 0 Å². The summed E-state index contributed by atoms with van der Waals surface area (Å²) in [5.41, 5.74) is -0.924. The van der Waals surface area contributed by atoms with E-state index in [2.05, 4.69) is 15.6 Å². The zero-order valence-electron chi connectivity index (χ0n) is 12.1. The number of carbonyl (C=O) groups is 1. The average molecular weight is 337 g/mol. The molecule has 0 unspecified atom stereocenters. The standard InChI is InChI=1S/C13H18F3N3O2S/c1-2-9(11-19-10(7-22-11)13(14,15)16)18-12(20)17-6-8-4-3-5-21-8/h7-9H,2-6H2,1H3,(H2,17,18,20)/t8-,9-/m1/s1. The van der Waals surface area contributed by atoms with E-state index >= 15 is 0 Å². The maximum absolute atomic E-state index is 12.6. The Bertz CT molecular complexity index is 501. The first-order chi connectivity index (χ1) is 10.4. The molecule has 1 saturated heterocycles. The number of halogens is 3. The van der Waals surface area contributed by atoms with Gasteiger partial charge in [-0.1, -0.05) is 6.92 Å². The number of hydrogen-bond acceptors (Lipinski definition) is 4. The second kappa shape index (κ2) is 7.28. The topological polar surface area (TPSA) is 63.2 Å². The van der Waals surface area contributed by atoms with Gasteiger partial charge in [-0.05, 0) is 19.3 Å². The summed E-state index contributed by atoms with van der Waals surface area (Å²) in [4.78, 5) is 15.4. The van der Waals surface area contributed by atoms with Crippen LogP contribution < -0.4 is 10.6 Å². The molecule has 2 atom stereocenters. The first-order valence-corrected chi connectivity index (χ1v) is 7.96. The van der Waals surface area contributed by atoms with Crippen LogP contribution in [-0.4, -0.2) is 30.3 Å². The molecule has 1 fully saturated rings. The lowest BCUT2D eigenvalue weighted by Crippen LogP contribution is -2.41. The third-order valence-corrected chi connectivity index (χ3v) is 4.30. The van der Waals surface area contributed by atoms with Crippen molar-refractivity contribution in [3.05, 3.63) is 16.1 Å². The van der Waals surface area contributed by atoms with E-state index in [4.69, 9.17) is 4.74 Å². The first kappa shape index (κ1) is 17.0. The molecule has 0 spiro atoms. The quantitative estimate of drug-likeness (QED) is 0.868. The number of alkyl halides is 3. The van der Waals surface area contributed by atoms with Crippen molar-refractivity contribution >= 4 is 17.4 Å². The number of rotatable bonds is 5. The van der Waals surface area contributed by atoms with Crippen molar-refractivity contribution in [1.82, 2.24) is 15.6 Å². The lowest BCUT2D eigenvalue weighted by molar-refractivity contribution is -0.140. The maximum Gasteiger partial charge on any atom is 0.434 e. The Balaban J connectivity index is 1.88. The molecule has 1 aliphatic rings. The third-order valence-electron chi connectivity index (χ3n) is 3.34.